The molecule has 1 aliphatic heterocycles. The molecule has 0 bridgehead atoms. The number of hydroxylamine groups is 2. The van der Waals surface area contributed by atoms with Crippen LogP contribution < -0.4 is 15.4 Å². The molecule has 278 valence electrons. The smallest absolute Gasteiger partial charge is 0.358 e. The lowest BCUT2D eigenvalue weighted by Gasteiger charge is -2.12. The van der Waals surface area contributed by atoms with E-state index in [-0.39, 0.29) is 100 Å². The highest BCUT2D eigenvalue weighted by Crippen LogP contribution is 2.19. The molecule has 1 fully saturated rings. The van der Waals surface area contributed by atoms with Crippen LogP contribution in [-0.2, 0) is 63.3 Å². The van der Waals surface area contributed by atoms with Crippen molar-refractivity contribution in [2.45, 2.75) is 23.5 Å². The number of hydrogen-bond acceptors (Lipinski definition) is 16. The molecule has 1 aromatic carbocycles. The number of ether oxygens (including phenoxy) is 5. The van der Waals surface area contributed by atoms with Crippen LogP contribution in [-0.4, -0.2) is 137 Å². The number of carbonyl (C=O) groups excluding carboxylic acids is 5. The van der Waals surface area contributed by atoms with E-state index in [4.69, 9.17) is 28.8 Å². The second-order valence-electron chi connectivity index (χ2n) is 10.3. The Balaban J connectivity index is 1.15. The van der Waals surface area contributed by atoms with Gasteiger partial charge in [-0.05, 0) is 24.3 Å². The summed E-state index contributed by atoms with van der Waals surface area (Å²) in [5, 5.41) is 14.3. The number of aromatic nitrogens is 2. The number of amides is 4. The predicted octanol–water partition coefficient (Wildman–Crippen LogP) is -1.57. The summed E-state index contributed by atoms with van der Waals surface area (Å²) in [6, 6.07) is 5.23. The topological polar surface area (TPSA) is 265 Å². The maximum Gasteiger partial charge on any atom is 0.358 e. The first-order valence-corrected chi connectivity index (χ1v) is 17.0. The molecule has 3 rings (SSSR count). The molecule has 3 N–H and O–H groups in total. The molecule has 0 saturated carbocycles. The van der Waals surface area contributed by atoms with Crippen molar-refractivity contribution in [1.29, 1.82) is 0 Å². The van der Waals surface area contributed by atoms with Crippen molar-refractivity contribution >= 4 is 45.4 Å². The quantitative estimate of drug-likeness (QED) is 0.0811. The Bertz CT molecular complexity index is 1590. The van der Waals surface area contributed by atoms with Crippen LogP contribution in [0.15, 0.2) is 41.6 Å². The van der Waals surface area contributed by atoms with Crippen molar-refractivity contribution in [3.05, 3.63) is 48.0 Å². The van der Waals surface area contributed by atoms with Crippen LogP contribution >= 0.6 is 0 Å². The average Bonchev–Trinajstić information content (AvgIpc) is 3.41. The predicted molar refractivity (Wildman–Crippen MR) is 168 cm³/mol. The summed E-state index contributed by atoms with van der Waals surface area (Å²) in [6.45, 7) is -0.0988. The fourth-order valence-electron chi connectivity index (χ4n) is 3.89. The SMILES string of the molecule is O=C(O)COc1ccc(S(=O)(=O)Cc2ncc(C(=O)NCCOCCOCC(=O)NCCOCCOCC(=O)ON3C(=O)CCC3=O)cn2)cc1. The van der Waals surface area contributed by atoms with Gasteiger partial charge in [0.15, 0.2) is 16.4 Å². The molecule has 0 aliphatic carbocycles. The summed E-state index contributed by atoms with van der Waals surface area (Å²) in [7, 11) is -3.82. The van der Waals surface area contributed by atoms with Crippen LogP contribution in [0.4, 0.5) is 0 Å². The fraction of sp³-hybridized carbons (Fsp3) is 0.467. The highest BCUT2D eigenvalue weighted by molar-refractivity contribution is 7.90. The number of hydrogen-bond donors (Lipinski definition) is 3. The monoisotopic (exact) mass is 739 g/mol. The lowest BCUT2D eigenvalue weighted by Crippen LogP contribution is -2.33. The number of carboxylic acids is 1. The molecule has 1 aromatic heterocycles. The lowest BCUT2D eigenvalue weighted by molar-refractivity contribution is -0.200. The molecular formula is C30H37N5O15S. The molecule has 1 saturated heterocycles. The first kappa shape index (κ1) is 40.3. The van der Waals surface area contributed by atoms with Gasteiger partial charge >= 0.3 is 11.9 Å². The van der Waals surface area contributed by atoms with Crippen LogP contribution in [0.3, 0.4) is 0 Å². The fourth-order valence-corrected chi connectivity index (χ4v) is 5.09. The van der Waals surface area contributed by atoms with Gasteiger partial charge < -0.3 is 44.3 Å². The molecule has 1 aliphatic rings. The highest BCUT2D eigenvalue weighted by Gasteiger charge is 2.32. The third kappa shape index (κ3) is 15.1. The van der Waals surface area contributed by atoms with E-state index in [9.17, 15) is 37.2 Å². The number of benzene rings is 1. The van der Waals surface area contributed by atoms with Gasteiger partial charge in [0.2, 0.25) is 5.91 Å². The molecule has 4 amide bonds. The van der Waals surface area contributed by atoms with E-state index in [0.29, 0.717) is 5.06 Å². The minimum absolute atomic E-state index is 0.00196. The minimum atomic E-state index is -3.82. The minimum Gasteiger partial charge on any atom is -0.482 e. The van der Waals surface area contributed by atoms with Crippen LogP contribution in [0.2, 0.25) is 0 Å². The van der Waals surface area contributed by atoms with Gasteiger partial charge in [-0.2, -0.15) is 0 Å². The Morgan fingerprint density at radius 1 is 0.765 bits per heavy atom. The normalized spacial score (nSPS) is 12.8. The number of imide groups is 1. The number of carbonyl (C=O) groups is 6. The first-order valence-electron chi connectivity index (χ1n) is 15.4. The zero-order valence-electron chi connectivity index (χ0n) is 27.3. The van der Waals surface area contributed by atoms with E-state index < -0.39 is 58.5 Å². The maximum atomic E-state index is 12.7. The molecule has 2 aromatic rings. The third-order valence-corrected chi connectivity index (χ3v) is 7.96. The first-order chi connectivity index (χ1) is 24.4. The van der Waals surface area contributed by atoms with E-state index in [1.54, 1.807) is 0 Å². The second kappa shape index (κ2) is 21.2. The van der Waals surface area contributed by atoms with Crippen molar-refractivity contribution in [1.82, 2.24) is 25.7 Å². The number of nitrogens with zero attached hydrogens (tertiary/aromatic N) is 3. The summed E-state index contributed by atoms with van der Waals surface area (Å²) in [4.78, 5) is 81.7. The van der Waals surface area contributed by atoms with Gasteiger partial charge in [-0.3, -0.25) is 19.2 Å². The Labute approximate surface area is 291 Å². The van der Waals surface area contributed by atoms with Gasteiger partial charge in [0.1, 0.15) is 30.5 Å². The lowest BCUT2D eigenvalue weighted by atomic mass is 10.3. The Morgan fingerprint density at radius 2 is 1.33 bits per heavy atom. The highest BCUT2D eigenvalue weighted by atomic mass is 32.2. The zero-order valence-corrected chi connectivity index (χ0v) is 28.1. The van der Waals surface area contributed by atoms with Gasteiger partial charge in [-0.15, -0.1) is 5.06 Å². The number of nitrogens with one attached hydrogen (secondary N) is 2. The number of sulfone groups is 1. The summed E-state index contributed by atoms with van der Waals surface area (Å²) in [5.74, 6) is -4.43. The summed E-state index contributed by atoms with van der Waals surface area (Å²) >= 11 is 0. The van der Waals surface area contributed by atoms with Crippen LogP contribution in [0.5, 0.6) is 5.75 Å². The summed E-state index contributed by atoms with van der Waals surface area (Å²) in [6.07, 6.45) is 2.39. The number of rotatable bonds is 24. The Kier molecular flexibility index (Phi) is 16.8. The molecule has 21 heteroatoms. The van der Waals surface area contributed by atoms with Crippen molar-refractivity contribution in [2.75, 3.05) is 72.6 Å². The van der Waals surface area contributed by atoms with Crippen molar-refractivity contribution in [3.8, 4) is 5.75 Å². The molecule has 0 spiro atoms. The van der Waals surface area contributed by atoms with Gasteiger partial charge in [-0.1, -0.05) is 0 Å². The maximum absolute atomic E-state index is 12.7. The van der Waals surface area contributed by atoms with Gasteiger partial charge in [0, 0.05) is 38.3 Å². The molecule has 0 unspecified atom stereocenters. The molecular weight excluding hydrogens is 702 g/mol. The van der Waals surface area contributed by atoms with Crippen LogP contribution in [0.25, 0.3) is 0 Å². The van der Waals surface area contributed by atoms with Gasteiger partial charge in [0.25, 0.3) is 17.7 Å². The van der Waals surface area contributed by atoms with Gasteiger partial charge in [-0.25, -0.2) is 28.0 Å². The Hall–Kier alpha value is -5.09. The standard InChI is InChI=1S/C30H37N5O15S/c36-25(31-7-9-45-12-14-48-19-29(41)50-35-26(37)5-6-27(35)38)17-47-13-11-46-10-8-32-30(42)21-15-33-24(34-16-21)20-51(43,44)23-3-1-22(2-4-23)49-18-28(39)40/h1-4,15-16H,5-14,17-20H2,(H,31,36)(H,32,42)(H,39,40). The summed E-state index contributed by atoms with van der Waals surface area (Å²) < 4.78 is 51.2. The molecule has 0 atom stereocenters. The van der Waals surface area contributed by atoms with Crippen molar-refractivity contribution < 1.29 is 70.8 Å². The zero-order chi connectivity index (χ0) is 37.1. The third-order valence-electron chi connectivity index (χ3n) is 6.33. The van der Waals surface area contributed by atoms with Crippen LogP contribution in [0, 0.1) is 0 Å². The van der Waals surface area contributed by atoms with Crippen molar-refractivity contribution in [3.63, 3.8) is 0 Å². The molecule has 51 heavy (non-hydrogen) atoms. The molecule has 2 heterocycles. The van der Waals surface area contributed by atoms with E-state index in [0.717, 1.165) is 0 Å². The van der Waals surface area contributed by atoms with Crippen LogP contribution in [0.1, 0.15) is 29.0 Å². The molecule has 20 nitrogen and oxygen atoms in total. The Morgan fingerprint density at radius 3 is 1.94 bits per heavy atom. The number of aliphatic carboxylic acids is 1. The van der Waals surface area contributed by atoms with E-state index in [2.05, 4.69) is 25.4 Å². The van der Waals surface area contributed by atoms with E-state index in [1.165, 1.54) is 36.7 Å². The second-order valence-corrected chi connectivity index (χ2v) is 12.3. The van der Waals surface area contributed by atoms with E-state index >= 15 is 0 Å². The average molecular weight is 740 g/mol. The van der Waals surface area contributed by atoms with Gasteiger partial charge in [0.05, 0.1) is 50.1 Å². The van der Waals surface area contributed by atoms with E-state index in [1.807, 2.05) is 0 Å². The summed E-state index contributed by atoms with van der Waals surface area (Å²) in [5.41, 5.74) is 0.110. The molecule has 0 radical (unpaired) electrons. The number of carboxylic acid groups (broad SMARTS) is 1. The van der Waals surface area contributed by atoms with Crippen molar-refractivity contribution in [2.24, 2.45) is 0 Å². The largest absolute Gasteiger partial charge is 0.482 e.